The summed E-state index contributed by atoms with van der Waals surface area (Å²) in [6, 6.07) is 11.0. The molecule has 0 bridgehead atoms. The average Bonchev–Trinajstić information content (AvgIpc) is 2.77. The van der Waals surface area contributed by atoms with Gasteiger partial charge in [0.15, 0.2) is 18.1 Å². The van der Waals surface area contributed by atoms with Gasteiger partial charge in [0.2, 0.25) is 0 Å². The fraction of sp³-hybridized carbons (Fsp3) is 0.391. The van der Waals surface area contributed by atoms with Crippen molar-refractivity contribution in [1.82, 2.24) is 9.80 Å². The monoisotopic (exact) mass is 412 g/mol. The van der Waals surface area contributed by atoms with E-state index in [0.717, 1.165) is 16.9 Å². The van der Waals surface area contributed by atoms with Crippen LogP contribution < -0.4 is 14.2 Å². The van der Waals surface area contributed by atoms with Gasteiger partial charge in [0.25, 0.3) is 11.8 Å². The zero-order valence-electron chi connectivity index (χ0n) is 17.9. The van der Waals surface area contributed by atoms with Gasteiger partial charge in [-0.05, 0) is 43.7 Å². The Labute approximate surface area is 177 Å². The summed E-state index contributed by atoms with van der Waals surface area (Å²) >= 11 is 0. The molecule has 2 amide bonds. The first-order valence-electron chi connectivity index (χ1n) is 9.92. The highest BCUT2D eigenvalue weighted by atomic mass is 16.5. The van der Waals surface area contributed by atoms with E-state index in [1.807, 2.05) is 32.0 Å². The molecule has 1 aliphatic heterocycles. The van der Waals surface area contributed by atoms with Gasteiger partial charge in [-0.2, -0.15) is 0 Å². The molecule has 0 atom stereocenters. The van der Waals surface area contributed by atoms with Gasteiger partial charge < -0.3 is 24.0 Å². The number of benzene rings is 2. The van der Waals surface area contributed by atoms with Crippen molar-refractivity contribution in [2.24, 2.45) is 0 Å². The van der Waals surface area contributed by atoms with E-state index in [9.17, 15) is 9.59 Å². The first kappa shape index (κ1) is 21.5. The third-order valence-corrected chi connectivity index (χ3v) is 5.23. The van der Waals surface area contributed by atoms with E-state index < -0.39 is 0 Å². The molecule has 0 aliphatic carbocycles. The maximum Gasteiger partial charge on any atom is 0.260 e. The molecule has 0 radical (unpaired) electrons. The zero-order valence-corrected chi connectivity index (χ0v) is 17.9. The molecule has 0 saturated carbocycles. The number of carbonyl (C=O) groups is 2. The Morgan fingerprint density at radius 2 is 1.47 bits per heavy atom. The lowest BCUT2D eigenvalue weighted by atomic mass is 10.1. The lowest BCUT2D eigenvalue weighted by molar-refractivity contribution is -0.134. The second kappa shape index (κ2) is 9.52. The molecule has 1 heterocycles. The van der Waals surface area contributed by atoms with Crippen LogP contribution in [0.2, 0.25) is 0 Å². The summed E-state index contributed by atoms with van der Waals surface area (Å²) < 4.78 is 16.2. The molecule has 3 rings (SSSR count). The van der Waals surface area contributed by atoms with Crippen LogP contribution >= 0.6 is 0 Å². The Kier molecular flexibility index (Phi) is 6.82. The first-order valence-corrected chi connectivity index (χ1v) is 9.92. The van der Waals surface area contributed by atoms with Crippen LogP contribution in [-0.4, -0.2) is 68.6 Å². The molecule has 0 N–H and O–H groups in total. The van der Waals surface area contributed by atoms with Crippen LogP contribution in [0.3, 0.4) is 0 Å². The van der Waals surface area contributed by atoms with Crippen LogP contribution in [0.5, 0.6) is 17.2 Å². The van der Waals surface area contributed by atoms with Gasteiger partial charge in [-0.1, -0.05) is 17.7 Å². The number of carbonyl (C=O) groups excluding carboxylic acids is 2. The highest BCUT2D eigenvalue weighted by Gasteiger charge is 2.25. The van der Waals surface area contributed by atoms with Crippen LogP contribution in [0.4, 0.5) is 0 Å². The fourth-order valence-corrected chi connectivity index (χ4v) is 3.50. The lowest BCUT2D eigenvalue weighted by Crippen LogP contribution is -2.51. The Bertz CT molecular complexity index is 920. The Morgan fingerprint density at radius 3 is 2.10 bits per heavy atom. The number of aryl methyl sites for hydroxylation is 2. The highest BCUT2D eigenvalue weighted by Crippen LogP contribution is 2.28. The number of nitrogens with zero attached hydrogens (tertiary/aromatic N) is 2. The number of rotatable bonds is 6. The summed E-state index contributed by atoms with van der Waals surface area (Å²) in [5, 5.41) is 0. The lowest BCUT2D eigenvalue weighted by Gasteiger charge is -2.34. The number of amides is 2. The molecule has 2 aromatic rings. The Hall–Kier alpha value is -3.22. The molecule has 2 aromatic carbocycles. The number of ether oxygens (including phenoxy) is 3. The zero-order chi connectivity index (χ0) is 21.7. The predicted octanol–water partition coefficient (Wildman–Crippen LogP) is 2.68. The summed E-state index contributed by atoms with van der Waals surface area (Å²) in [6.07, 6.45) is 0. The minimum absolute atomic E-state index is 0.00642. The van der Waals surface area contributed by atoms with Crippen LogP contribution in [0.1, 0.15) is 21.5 Å². The smallest absolute Gasteiger partial charge is 0.260 e. The van der Waals surface area contributed by atoms with Crippen LogP contribution in [0.25, 0.3) is 0 Å². The van der Waals surface area contributed by atoms with Gasteiger partial charge >= 0.3 is 0 Å². The molecular formula is C23H28N2O5. The summed E-state index contributed by atoms with van der Waals surface area (Å²) in [7, 11) is 3.09. The van der Waals surface area contributed by atoms with Gasteiger partial charge in [-0.15, -0.1) is 0 Å². The third kappa shape index (κ3) is 4.84. The number of hydrogen-bond donors (Lipinski definition) is 0. The average molecular weight is 412 g/mol. The van der Waals surface area contributed by atoms with Crippen LogP contribution in [0, 0.1) is 13.8 Å². The van der Waals surface area contributed by atoms with Gasteiger partial charge in [-0.3, -0.25) is 9.59 Å². The van der Waals surface area contributed by atoms with Crippen LogP contribution in [-0.2, 0) is 4.79 Å². The maximum absolute atomic E-state index is 12.8. The summed E-state index contributed by atoms with van der Waals surface area (Å²) in [6.45, 7) is 5.89. The summed E-state index contributed by atoms with van der Waals surface area (Å²) in [5.74, 6) is 1.65. The number of hydrogen-bond acceptors (Lipinski definition) is 5. The van der Waals surface area contributed by atoms with E-state index in [2.05, 4.69) is 0 Å². The van der Waals surface area contributed by atoms with Crippen molar-refractivity contribution in [3.05, 3.63) is 53.1 Å². The summed E-state index contributed by atoms with van der Waals surface area (Å²) in [5.41, 5.74) is 2.69. The van der Waals surface area contributed by atoms with Gasteiger partial charge in [0.05, 0.1) is 14.2 Å². The largest absolute Gasteiger partial charge is 0.493 e. The normalized spacial score (nSPS) is 13.7. The van der Waals surface area contributed by atoms with Crippen molar-refractivity contribution in [3.8, 4) is 17.2 Å². The quantitative estimate of drug-likeness (QED) is 0.730. The van der Waals surface area contributed by atoms with Crippen molar-refractivity contribution in [2.75, 3.05) is 47.0 Å². The second-order valence-electron chi connectivity index (χ2n) is 7.30. The Morgan fingerprint density at radius 1 is 0.833 bits per heavy atom. The highest BCUT2D eigenvalue weighted by molar-refractivity contribution is 5.95. The number of piperazine rings is 1. The molecule has 0 spiro atoms. The first-order chi connectivity index (χ1) is 14.4. The van der Waals surface area contributed by atoms with Gasteiger partial charge in [-0.25, -0.2) is 0 Å². The van der Waals surface area contributed by atoms with Crippen molar-refractivity contribution in [2.45, 2.75) is 13.8 Å². The standard InChI is InChI=1S/C23H28N2O5/c1-16-5-7-19(17(2)13-16)30-15-22(26)24-9-11-25(12-10-24)23(27)18-6-8-20(28-3)21(14-18)29-4/h5-8,13-14H,9-12,15H2,1-4H3. The van der Waals surface area contributed by atoms with Gasteiger partial charge in [0.1, 0.15) is 5.75 Å². The topological polar surface area (TPSA) is 68.3 Å². The van der Waals surface area contributed by atoms with E-state index in [1.165, 1.54) is 7.11 Å². The molecule has 160 valence electrons. The molecular weight excluding hydrogens is 384 g/mol. The third-order valence-electron chi connectivity index (χ3n) is 5.23. The van der Waals surface area contributed by atoms with Crippen molar-refractivity contribution >= 4 is 11.8 Å². The Balaban J connectivity index is 1.53. The molecule has 1 fully saturated rings. The van der Waals surface area contributed by atoms with E-state index in [-0.39, 0.29) is 18.4 Å². The molecule has 0 aromatic heterocycles. The molecule has 0 unspecified atom stereocenters. The van der Waals surface area contributed by atoms with E-state index in [4.69, 9.17) is 14.2 Å². The minimum atomic E-state index is -0.0883. The van der Waals surface area contributed by atoms with Crippen LogP contribution in [0.15, 0.2) is 36.4 Å². The molecule has 1 saturated heterocycles. The fourth-order valence-electron chi connectivity index (χ4n) is 3.50. The van der Waals surface area contributed by atoms with E-state index in [0.29, 0.717) is 43.2 Å². The van der Waals surface area contributed by atoms with Crippen molar-refractivity contribution in [1.29, 1.82) is 0 Å². The molecule has 1 aliphatic rings. The predicted molar refractivity (Wildman–Crippen MR) is 113 cm³/mol. The van der Waals surface area contributed by atoms with Gasteiger partial charge in [0, 0.05) is 31.7 Å². The maximum atomic E-state index is 12.8. The van der Waals surface area contributed by atoms with E-state index >= 15 is 0 Å². The van der Waals surface area contributed by atoms with E-state index in [1.54, 1.807) is 35.1 Å². The molecule has 7 heteroatoms. The SMILES string of the molecule is COc1ccc(C(=O)N2CCN(C(=O)COc3ccc(C)cc3C)CC2)cc1OC. The molecule has 30 heavy (non-hydrogen) atoms. The second-order valence-corrected chi connectivity index (χ2v) is 7.30. The van der Waals surface area contributed by atoms with Crippen molar-refractivity contribution in [3.63, 3.8) is 0 Å². The summed E-state index contributed by atoms with van der Waals surface area (Å²) in [4.78, 5) is 28.8. The number of methoxy groups -OCH3 is 2. The molecule has 7 nitrogen and oxygen atoms in total. The minimum Gasteiger partial charge on any atom is -0.493 e. The van der Waals surface area contributed by atoms with Crippen molar-refractivity contribution < 1.29 is 23.8 Å².